The van der Waals surface area contributed by atoms with Crippen molar-refractivity contribution < 1.29 is 19.9 Å². The van der Waals surface area contributed by atoms with Gasteiger partial charge in [0, 0.05) is 19.3 Å². The van der Waals surface area contributed by atoms with Gasteiger partial charge in [0.25, 0.3) is 0 Å². The third-order valence-corrected chi connectivity index (χ3v) is 3.82. The molecule has 21 heavy (non-hydrogen) atoms. The number of aliphatic hydroxyl groups is 1. The Bertz CT molecular complexity index is 563. The number of hydrogen-bond acceptors (Lipinski definition) is 6. The summed E-state index contributed by atoms with van der Waals surface area (Å²) in [7, 11) is 1.63. The maximum absolute atomic E-state index is 11.1. The van der Waals surface area contributed by atoms with Gasteiger partial charge in [-0.05, 0) is 12.8 Å². The van der Waals surface area contributed by atoms with Crippen LogP contribution in [0, 0.1) is 10.1 Å². The van der Waals surface area contributed by atoms with Gasteiger partial charge in [0.05, 0.1) is 22.6 Å². The maximum Gasteiger partial charge on any atom is 0.337 e. The van der Waals surface area contributed by atoms with Crippen LogP contribution in [-0.2, 0) is 0 Å². The molecule has 0 aliphatic heterocycles. The lowest BCUT2D eigenvalue weighted by molar-refractivity contribution is -0.384. The van der Waals surface area contributed by atoms with Crippen molar-refractivity contribution in [3.8, 4) is 0 Å². The quantitative estimate of drug-likeness (QED) is 0.637. The number of anilines is 1. The van der Waals surface area contributed by atoms with Crippen LogP contribution in [0.2, 0.25) is 0 Å². The van der Waals surface area contributed by atoms with Crippen LogP contribution in [-0.4, -0.2) is 45.3 Å². The summed E-state index contributed by atoms with van der Waals surface area (Å²) in [5, 5.41) is 30.1. The summed E-state index contributed by atoms with van der Waals surface area (Å²) in [4.78, 5) is 26.9. The lowest BCUT2D eigenvalue weighted by Gasteiger charge is -2.35. The predicted molar refractivity (Wildman–Crippen MR) is 74.5 cm³/mol. The summed E-state index contributed by atoms with van der Waals surface area (Å²) >= 11 is 0. The first kappa shape index (κ1) is 15.2. The number of rotatable bonds is 4. The van der Waals surface area contributed by atoms with Crippen LogP contribution in [0.4, 0.5) is 11.5 Å². The Labute approximate surface area is 121 Å². The van der Waals surface area contributed by atoms with Crippen molar-refractivity contribution in [3.63, 3.8) is 0 Å². The van der Waals surface area contributed by atoms with E-state index in [1.54, 1.807) is 11.9 Å². The van der Waals surface area contributed by atoms with Crippen LogP contribution in [0.3, 0.4) is 0 Å². The van der Waals surface area contributed by atoms with Crippen molar-refractivity contribution in [1.29, 1.82) is 0 Å². The first-order valence-electron chi connectivity index (χ1n) is 6.70. The number of carboxylic acid groups (broad SMARTS) is 1. The molecule has 1 aliphatic rings. The summed E-state index contributed by atoms with van der Waals surface area (Å²) in [5.41, 5.74) is -0.599. The Morgan fingerprint density at radius 2 is 2.14 bits per heavy atom. The van der Waals surface area contributed by atoms with Crippen molar-refractivity contribution >= 4 is 17.5 Å². The van der Waals surface area contributed by atoms with Gasteiger partial charge < -0.3 is 15.1 Å². The van der Waals surface area contributed by atoms with Crippen molar-refractivity contribution in [2.24, 2.45) is 0 Å². The lowest BCUT2D eigenvalue weighted by Crippen LogP contribution is -2.44. The summed E-state index contributed by atoms with van der Waals surface area (Å²) in [6.45, 7) is 0. The van der Waals surface area contributed by atoms with E-state index in [0.29, 0.717) is 6.42 Å². The molecule has 2 rings (SSSR count). The minimum Gasteiger partial charge on any atom is -0.478 e. The molecule has 1 heterocycles. The molecule has 1 aliphatic carbocycles. The van der Waals surface area contributed by atoms with Gasteiger partial charge in [0.2, 0.25) is 5.82 Å². The Balaban J connectivity index is 2.37. The van der Waals surface area contributed by atoms with Crippen molar-refractivity contribution in [3.05, 3.63) is 27.9 Å². The molecule has 1 saturated carbocycles. The second-order valence-corrected chi connectivity index (χ2v) is 5.16. The van der Waals surface area contributed by atoms with E-state index < -0.39 is 17.0 Å². The van der Waals surface area contributed by atoms with Gasteiger partial charge >= 0.3 is 11.7 Å². The van der Waals surface area contributed by atoms with Gasteiger partial charge in [-0.2, -0.15) is 0 Å². The Morgan fingerprint density at radius 3 is 2.71 bits per heavy atom. The highest BCUT2D eigenvalue weighted by Crippen LogP contribution is 2.31. The predicted octanol–water partition coefficient (Wildman–Crippen LogP) is 1.43. The summed E-state index contributed by atoms with van der Waals surface area (Å²) in [6.07, 6.45) is 3.76. The van der Waals surface area contributed by atoms with E-state index in [1.165, 1.54) is 0 Å². The molecule has 0 aromatic carbocycles. The number of carboxylic acids is 1. The number of nitro groups is 1. The molecule has 0 bridgehead atoms. The van der Waals surface area contributed by atoms with E-state index in [4.69, 9.17) is 5.11 Å². The van der Waals surface area contributed by atoms with Gasteiger partial charge in [-0.3, -0.25) is 10.1 Å². The van der Waals surface area contributed by atoms with Gasteiger partial charge in [-0.25, -0.2) is 9.78 Å². The molecule has 8 heteroatoms. The highest BCUT2D eigenvalue weighted by Gasteiger charge is 2.31. The van der Waals surface area contributed by atoms with E-state index >= 15 is 0 Å². The van der Waals surface area contributed by atoms with Crippen LogP contribution >= 0.6 is 0 Å². The zero-order valence-corrected chi connectivity index (χ0v) is 11.6. The van der Waals surface area contributed by atoms with E-state index in [-0.39, 0.29) is 23.1 Å². The molecule has 2 N–H and O–H groups in total. The summed E-state index contributed by atoms with van der Waals surface area (Å²) in [5.74, 6) is -1.19. The molecule has 0 radical (unpaired) electrons. The average molecular weight is 295 g/mol. The molecule has 114 valence electrons. The first-order valence-corrected chi connectivity index (χ1v) is 6.70. The highest BCUT2D eigenvalue weighted by molar-refractivity contribution is 5.88. The SMILES string of the molecule is CN(c1ncc(C(=O)O)cc1[N+](=O)[O-])C1CCCCC1O. The van der Waals surface area contributed by atoms with Crippen LogP contribution in [0.25, 0.3) is 0 Å². The van der Waals surface area contributed by atoms with Crippen molar-refractivity contribution in [2.45, 2.75) is 37.8 Å². The average Bonchev–Trinajstić information content (AvgIpc) is 2.46. The zero-order chi connectivity index (χ0) is 15.6. The fraction of sp³-hybridized carbons (Fsp3) is 0.538. The largest absolute Gasteiger partial charge is 0.478 e. The minimum absolute atomic E-state index is 0.0796. The smallest absolute Gasteiger partial charge is 0.337 e. The molecular weight excluding hydrogens is 278 g/mol. The number of nitrogens with zero attached hydrogens (tertiary/aromatic N) is 3. The van der Waals surface area contributed by atoms with Gasteiger partial charge in [0.1, 0.15) is 0 Å². The molecule has 1 aromatic rings. The first-order chi connectivity index (χ1) is 9.91. The van der Waals surface area contributed by atoms with E-state index in [2.05, 4.69) is 4.98 Å². The fourth-order valence-electron chi connectivity index (χ4n) is 2.67. The standard InChI is InChI=1S/C13H17N3O5/c1-15(9-4-2-3-5-11(9)17)12-10(16(20)21)6-8(7-14-12)13(18)19/h6-7,9,11,17H,2-5H2,1H3,(H,18,19). The third kappa shape index (κ3) is 3.10. The second-order valence-electron chi connectivity index (χ2n) is 5.16. The molecule has 2 unspecified atom stereocenters. The highest BCUT2D eigenvalue weighted by atomic mass is 16.6. The number of aromatic nitrogens is 1. The molecule has 0 spiro atoms. The number of pyridine rings is 1. The zero-order valence-electron chi connectivity index (χ0n) is 11.6. The van der Waals surface area contributed by atoms with Gasteiger partial charge in [-0.15, -0.1) is 0 Å². The minimum atomic E-state index is -1.27. The number of likely N-dealkylation sites (N-methyl/N-ethyl adjacent to an activating group) is 1. The second kappa shape index (κ2) is 6.04. The molecule has 0 saturated heterocycles. The topological polar surface area (TPSA) is 117 Å². The molecular formula is C13H17N3O5. The van der Waals surface area contributed by atoms with E-state index in [9.17, 15) is 20.0 Å². The van der Waals surface area contributed by atoms with Crippen molar-refractivity contribution in [2.75, 3.05) is 11.9 Å². The molecule has 2 atom stereocenters. The Hall–Kier alpha value is -2.22. The number of carbonyl (C=O) groups is 1. The van der Waals surface area contributed by atoms with Crippen molar-refractivity contribution in [1.82, 2.24) is 4.98 Å². The summed E-state index contributed by atoms with van der Waals surface area (Å²) in [6, 6.07) is 0.747. The molecule has 8 nitrogen and oxygen atoms in total. The molecule has 1 fully saturated rings. The number of hydrogen-bond donors (Lipinski definition) is 2. The van der Waals surface area contributed by atoms with E-state index in [0.717, 1.165) is 31.5 Å². The monoisotopic (exact) mass is 295 g/mol. The number of aromatic carboxylic acids is 1. The molecule has 0 amide bonds. The fourth-order valence-corrected chi connectivity index (χ4v) is 2.67. The third-order valence-electron chi connectivity index (χ3n) is 3.82. The Kier molecular flexibility index (Phi) is 4.37. The van der Waals surface area contributed by atoms with Gasteiger partial charge in [-0.1, -0.05) is 12.8 Å². The number of aliphatic hydroxyl groups excluding tert-OH is 1. The van der Waals surface area contributed by atoms with Gasteiger partial charge in [0.15, 0.2) is 0 Å². The van der Waals surface area contributed by atoms with Crippen LogP contribution < -0.4 is 4.90 Å². The van der Waals surface area contributed by atoms with E-state index in [1.807, 2.05) is 0 Å². The van der Waals surface area contributed by atoms with Crippen LogP contribution in [0.15, 0.2) is 12.3 Å². The van der Waals surface area contributed by atoms with Crippen LogP contribution in [0.1, 0.15) is 36.0 Å². The summed E-state index contributed by atoms with van der Waals surface area (Å²) < 4.78 is 0. The van der Waals surface area contributed by atoms with Crippen LogP contribution in [0.5, 0.6) is 0 Å². The lowest BCUT2D eigenvalue weighted by atomic mass is 9.91. The maximum atomic E-state index is 11.1. The Morgan fingerprint density at radius 1 is 1.48 bits per heavy atom. The molecule has 1 aromatic heterocycles. The normalized spacial score (nSPS) is 21.8.